The summed E-state index contributed by atoms with van der Waals surface area (Å²) >= 11 is 0. The van der Waals surface area contributed by atoms with Crippen LogP contribution in [0.3, 0.4) is 0 Å². The number of halogens is 1. The summed E-state index contributed by atoms with van der Waals surface area (Å²) in [5, 5.41) is 12.8. The summed E-state index contributed by atoms with van der Waals surface area (Å²) in [5.41, 5.74) is 12.1. The van der Waals surface area contributed by atoms with E-state index in [-0.39, 0.29) is 17.1 Å². The number of fused-ring (bicyclic) bond motifs is 1. The highest BCUT2D eigenvalue weighted by Gasteiger charge is 2.17. The Balaban J connectivity index is 2.09. The van der Waals surface area contributed by atoms with Crippen LogP contribution in [-0.4, -0.2) is 34.2 Å². The number of hydrogen-bond donors (Lipinski definition) is 5. The van der Waals surface area contributed by atoms with E-state index in [1.165, 1.54) is 18.5 Å². The van der Waals surface area contributed by atoms with Crippen LogP contribution in [0.25, 0.3) is 10.9 Å². The van der Waals surface area contributed by atoms with E-state index >= 15 is 0 Å². The fourth-order valence-electron chi connectivity index (χ4n) is 2.35. The molecule has 0 aliphatic rings. The molecular weight excluding hydrogens is 313 g/mol. The first-order valence-electron chi connectivity index (χ1n) is 7.23. The molecule has 0 radical (unpaired) electrons. The zero-order chi connectivity index (χ0) is 17.1. The van der Waals surface area contributed by atoms with Crippen molar-refractivity contribution in [2.24, 2.45) is 11.5 Å². The second-order valence-corrected chi connectivity index (χ2v) is 5.05. The monoisotopic (exact) mass is 329 g/mol. The number of anilines is 3. The van der Waals surface area contributed by atoms with Gasteiger partial charge in [0, 0.05) is 19.3 Å². The van der Waals surface area contributed by atoms with Crippen LogP contribution >= 0.6 is 0 Å². The highest BCUT2D eigenvalue weighted by atomic mass is 19.1. The molecule has 0 saturated carbocycles. The number of hydrogen-bond acceptors (Lipinski definition) is 6. The zero-order valence-corrected chi connectivity index (χ0v) is 12.6. The predicted molar refractivity (Wildman–Crippen MR) is 89.6 cm³/mol. The van der Waals surface area contributed by atoms with Gasteiger partial charge in [-0.1, -0.05) is 0 Å². The van der Waals surface area contributed by atoms with E-state index in [0.717, 1.165) is 0 Å². The molecule has 1 amide bonds. The average Bonchev–Trinajstić information content (AvgIpc) is 3.03. The third kappa shape index (κ3) is 2.84. The van der Waals surface area contributed by atoms with Gasteiger partial charge in [-0.25, -0.2) is 9.37 Å². The normalized spacial score (nSPS) is 10.8. The third-order valence-electron chi connectivity index (χ3n) is 3.46. The molecule has 2 aromatic heterocycles. The molecule has 3 aromatic rings. The molecule has 24 heavy (non-hydrogen) atoms. The lowest BCUT2D eigenvalue weighted by atomic mass is 10.1. The van der Waals surface area contributed by atoms with E-state index in [2.05, 4.69) is 25.8 Å². The summed E-state index contributed by atoms with van der Waals surface area (Å²) in [7, 11) is 0. The van der Waals surface area contributed by atoms with E-state index in [0.29, 0.717) is 29.7 Å². The van der Waals surface area contributed by atoms with Gasteiger partial charge in [0.25, 0.3) is 5.91 Å². The third-order valence-corrected chi connectivity index (χ3v) is 3.46. The van der Waals surface area contributed by atoms with Gasteiger partial charge in [0.05, 0.1) is 34.0 Å². The number of nitrogens with two attached hydrogens (primary N) is 2. The maximum Gasteiger partial charge on any atom is 0.252 e. The van der Waals surface area contributed by atoms with E-state index in [4.69, 9.17) is 11.5 Å². The van der Waals surface area contributed by atoms with Crippen molar-refractivity contribution < 1.29 is 9.18 Å². The second-order valence-electron chi connectivity index (χ2n) is 5.05. The molecule has 3 rings (SSSR count). The fourth-order valence-corrected chi connectivity index (χ4v) is 2.35. The van der Waals surface area contributed by atoms with Gasteiger partial charge in [-0.3, -0.25) is 9.89 Å². The maximum absolute atomic E-state index is 14.7. The van der Waals surface area contributed by atoms with Crippen molar-refractivity contribution in [3.05, 3.63) is 42.0 Å². The highest BCUT2D eigenvalue weighted by molar-refractivity contribution is 5.99. The molecule has 124 valence electrons. The number of benzene rings is 1. The summed E-state index contributed by atoms with van der Waals surface area (Å²) in [6.07, 6.45) is 2.91. The van der Waals surface area contributed by atoms with Crippen LogP contribution in [0.2, 0.25) is 0 Å². The number of nitrogens with one attached hydrogen (secondary N) is 3. The Kier molecular flexibility index (Phi) is 4.25. The first-order valence-corrected chi connectivity index (χ1v) is 7.23. The highest BCUT2D eigenvalue weighted by Crippen LogP contribution is 2.33. The number of nitrogens with zero attached hydrogens (tertiary/aromatic N) is 2. The molecule has 0 fully saturated rings. The smallest absolute Gasteiger partial charge is 0.252 e. The zero-order valence-electron chi connectivity index (χ0n) is 12.6. The lowest BCUT2D eigenvalue weighted by molar-refractivity contribution is 0.100. The van der Waals surface area contributed by atoms with Crippen LogP contribution in [0.5, 0.6) is 0 Å². The van der Waals surface area contributed by atoms with Gasteiger partial charge >= 0.3 is 0 Å². The molecule has 0 bridgehead atoms. The van der Waals surface area contributed by atoms with Gasteiger partial charge < -0.3 is 22.1 Å². The van der Waals surface area contributed by atoms with Gasteiger partial charge in [-0.15, -0.1) is 0 Å². The molecule has 0 aliphatic carbocycles. The topological polar surface area (TPSA) is 135 Å². The van der Waals surface area contributed by atoms with Crippen molar-refractivity contribution in [2.45, 2.75) is 0 Å². The van der Waals surface area contributed by atoms with Crippen LogP contribution in [0, 0.1) is 5.82 Å². The Bertz CT molecular complexity index is 893. The van der Waals surface area contributed by atoms with Crippen LogP contribution in [0.4, 0.5) is 21.6 Å². The van der Waals surface area contributed by atoms with Crippen molar-refractivity contribution in [1.29, 1.82) is 0 Å². The Morgan fingerprint density at radius 1 is 1.42 bits per heavy atom. The number of carbonyl (C=O) groups is 1. The number of rotatable bonds is 6. The van der Waals surface area contributed by atoms with Crippen LogP contribution in [0.1, 0.15) is 10.4 Å². The quantitative estimate of drug-likeness (QED) is 0.463. The Hall–Kier alpha value is -3.20. The van der Waals surface area contributed by atoms with Crippen molar-refractivity contribution in [3.63, 3.8) is 0 Å². The van der Waals surface area contributed by atoms with E-state index in [9.17, 15) is 9.18 Å². The summed E-state index contributed by atoms with van der Waals surface area (Å²) in [5.74, 6) is -0.877. The predicted octanol–water partition coefficient (Wildman–Crippen LogP) is 1.31. The summed E-state index contributed by atoms with van der Waals surface area (Å²) < 4.78 is 14.7. The van der Waals surface area contributed by atoms with Crippen molar-refractivity contribution in [3.8, 4) is 0 Å². The molecule has 2 heterocycles. The molecular formula is C15H16FN7O. The number of H-pyrrole nitrogens is 1. The summed E-state index contributed by atoms with van der Waals surface area (Å²) in [4.78, 5) is 15.6. The molecule has 0 saturated heterocycles. The van der Waals surface area contributed by atoms with Crippen LogP contribution in [-0.2, 0) is 0 Å². The first-order chi connectivity index (χ1) is 11.6. The minimum Gasteiger partial charge on any atom is -0.380 e. The van der Waals surface area contributed by atoms with Crippen LogP contribution in [0.15, 0.2) is 30.6 Å². The van der Waals surface area contributed by atoms with Gasteiger partial charge in [-0.05, 0) is 18.2 Å². The Morgan fingerprint density at radius 3 is 3.00 bits per heavy atom. The van der Waals surface area contributed by atoms with E-state index in [1.54, 1.807) is 12.1 Å². The number of carbonyl (C=O) groups excluding carboxylic acids is 1. The van der Waals surface area contributed by atoms with Crippen molar-refractivity contribution >= 4 is 34.0 Å². The molecule has 0 spiro atoms. The molecule has 0 unspecified atom stereocenters. The number of pyridine rings is 1. The van der Waals surface area contributed by atoms with Crippen molar-refractivity contribution in [1.82, 2.24) is 15.2 Å². The Morgan fingerprint density at radius 2 is 2.25 bits per heavy atom. The molecule has 0 aliphatic heterocycles. The largest absolute Gasteiger partial charge is 0.380 e. The Labute approximate surface area is 136 Å². The number of primary amides is 1. The lowest BCUT2D eigenvalue weighted by Gasteiger charge is -2.15. The van der Waals surface area contributed by atoms with Gasteiger partial charge in [0.2, 0.25) is 0 Å². The maximum atomic E-state index is 14.7. The molecule has 1 aromatic carbocycles. The minimum atomic E-state index is -0.634. The lowest BCUT2D eigenvalue weighted by Crippen LogP contribution is -2.16. The number of amides is 1. The fraction of sp³-hybridized carbons (Fsp3) is 0.133. The number of aromatic nitrogens is 3. The van der Waals surface area contributed by atoms with E-state index in [1.807, 2.05) is 0 Å². The molecule has 9 heteroatoms. The number of aromatic amines is 1. The standard InChI is InChI=1S/C15H16FN7O/c16-12-9-7-21-23-10(9)6-11(13(12)19-5-3-17)22-15-8(14(18)24)2-1-4-20-15/h1-2,4,6-7,19H,3,5,17H2,(H2,18,24)(H,20,22)(H,21,23). The van der Waals surface area contributed by atoms with E-state index < -0.39 is 11.7 Å². The summed E-state index contributed by atoms with van der Waals surface area (Å²) in [6, 6.07) is 4.80. The average molecular weight is 329 g/mol. The molecule has 7 N–H and O–H groups in total. The van der Waals surface area contributed by atoms with Gasteiger partial charge in [-0.2, -0.15) is 5.10 Å². The van der Waals surface area contributed by atoms with Crippen molar-refractivity contribution in [2.75, 3.05) is 23.7 Å². The minimum absolute atomic E-state index is 0.201. The second kappa shape index (κ2) is 6.50. The molecule has 8 nitrogen and oxygen atoms in total. The van der Waals surface area contributed by atoms with Gasteiger partial charge in [0.1, 0.15) is 5.82 Å². The molecule has 0 atom stereocenters. The first kappa shape index (κ1) is 15.7. The van der Waals surface area contributed by atoms with Gasteiger partial charge in [0.15, 0.2) is 5.82 Å². The SMILES string of the molecule is NCCNc1c(Nc2ncccc2C(N)=O)cc2[nH]ncc2c1F. The van der Waals surface area contributed by atoms with Crippen LogP contribution < -0.4 is 22.1 Å². The summed E-state index contributed by atoms with van der Waals surface area (Å²) in [6.45, 7) is 0.707.